The van der Waals surface area contributed by atoms with Crippen LogP contribution in [0.5, 0.6) is 0 Å². The van der Waals surface area contributed by atoms with Crippen LogP contribution in [-0.4, -0.2) is 23.6 Å². The van der Waals surface area contributed by atoms with E-state index in [0.717, 1.165) is 17.4 Å². The average molecular weight is 338 g/mol. The fourth-order valence-corrected chi connectivity index (χ4v) is 3.17. The van der Waals surface area contributed by atoms with Crippen molar-refractivity contribution in [2.24, 2.45) is 0 Å². The Bertz CT molecular complexity index is 726. The molecule has 0 bridgehead atoms. The number of rotatable bonds is 4. The summed E-state index contributed by atoms with van der Waals surface area (Å²) in [4.78, 5) is 2.72. The summed E-state index contributed by atoms with van der Waals surface area (Å²) in [6, 6.07) is 1.44. The van der Waals surface area contributed by atoms with E-state index in [1.54, 1.807) is 0 Å². The van der Waals surface area contributed by atoms with E-state index in [9.17, 15) is 21.6 Å². The molecular formula is C10H9F3N4O2S2. The van der Waals surface area contributed by atoms with E-state index >= 15 is 0 Å². The Morgan fingerprint density at radius 3 is 2.48 bits per heavy atom. The summed E-state index contributed by atoms with van der Waals surface area (Å²) in [5, 5.41) is 8.05. The number of alkyl halides is 3. The number of nitrogens with zero attached hydrogens (tertiary/aromatic N) is 3. The second kappa shape index (κ2) is 5.56. The standard InChI is InChI=1S/C10H9F3N4O2S2/c1-2-8-15-16-9(20-8)17-21(18,19)6-3-4-7(14-5-6)10(11,12)13/h3-5H,2H2,1H3,(H,16,17). The third-order valence-corrected chi connectivity index (χ3v) is 4.76. The Kier molecular flexibility index (Phi) is 4.14. The van der Waals surface area contributed by atoms with Gasteiger partial charge >= 0.3 is 6.18 Å². The summed E-state index contributed by atoms with van der Waals surface area (Å²) in [6.45, 7) is 1.83. The van der Waals surface area contributed by atoms with E-state index < -0.39 is 21.9 Å². The molecule has 0 saturated heterocycles. The van der Waals surface area contributed by atoms with Gasteiger partial charge in [-0.1, -0.05) is 18.3 Å². The lowest BCUT2D eigenvalue weighted by molar-refractivity contribution is -0.141. The number of pyridine rings is 1. The minimum absolute atomic E-state index is 0.0479. The molecule has 0 unspecified atom stereocenters. The van der Waals surface area contributed by atoms with Gasteiger partial charge in [-0.25, -0.2) is 8.42 Å². The van der Waals surface area contributed by atoms with E-state index in [4.69, 9.17) is 0 Å². The van der Waals surface area contributed by atoms with Crippen LogP contribution in [0.4, 0.5) is 18.3 Å². The molecule has 0 aliphatic rings. The van der Waals surface area contributed by atoms with Gasteiger partial charge in [0, 0.05) is 6.20 Å². The lowest BCUT2D eigenvalue weighted by atomic mass is 10.3. The molecule has 21 heavy (non-hydrogen) atoms. The zero-order chi connectivity index (χ0) is 15.7. The molecule has 0 saturated carbocycles. The first kappa shape index (κ1) is 15.6. The van der Waals surface area contributed by atoms with Crippen molar-refractivity contribution in [1.82, 2.24) is 15.2 Å². The van der Waals surface area contributed by atoms with Gasteiger partial charge in [0.2, 0.25) is 5.13 Å². The molecule has 2 heterocycles. The molecule has 0 aliphatic heterocycles. The van der Waals surface area contributed by atoms with Crippen molar-refractivity contribution < 1.29 is 21.6 Å². The summed E-state index contributed by atoms with van der Waals surface area (Å²) in [5.41, 5.74) is -1.16. The molecular weight excluding hydrogens is 329 g/mol. The third-order valence-electron chi connectivity index (χ3n) is 2.33. The van der Waals surface area contributed by atoms with E-state index in [2.05, 4.69) is 19.9 Å². The van der Waals surface area contributed by atoms with Crippen molar-refractivity contribution >= 4 is 26.5 Å². The molecule has 2 aromatic heterocycles. The topological polar surface area (TPSA) is 84.8 Å². The first-order valence-corrected chi connectivity index (χ1v) is 7.91. The fraction of sp³-hybridized carbons (Fsp3) is 0.300. The highest BCUT2D eigenvalue weighted by Gasteiger charge is 2.32. The molecule has 0 amide bonds. The number of aromatic nitrogens is 3. The normalized spacial score (nSPS) is 12.4. The summed E-state index contributed by atoms with van der Waals surface area (Å²) in [5.74, 6) is 0. The van der Waals surface area contributed by atoms with Gasteiger partial charge in [0.1, 0.15) is 15.6 Å². The molecule has 0 aliphatic carbocycles. The monoisotopic (exact) mass is 338 g/mol. The molecule has 2 aromatic rings. The summed E-state index contributed by atoms with van der Waals surface area (Å²) in [7, 11) is -4.04. The van der Waals surface area contributed by atoms with Gasteiger partial charge in [0.15, 0.2) is 0 Å². The molecule has 1 N–H and O–H groups in total. The third kappa shape index (κ3) is 3.67. The van der Waals surface area contributed by atoms with E-state index in [1.807, 2.05) is 6.92 Å². The summed E-state index contributed by atoms with van der Waals surface area (Å²) in [6.07, 6.45) is -3.38. The highest BCUT2D eigenvalue weighted by Crippen LogP contribution is 2.28. The van der Waals surface area contributed by atoms with Crippen LogP contribution in [0.15, 0.2) is 23.2 Å². The van der Waals surface area contributed by atoms with Crippen molar-refractivity contribution in [1.29, 1.82) is 0 Å². The van der Waals surface area contributed by atoms with E-state index in [1.165, 1.54) is 0 Å². The SMILES string of the molecule is CCc1nnc(NS(=O)(=O)c2ccc(C(F)(F)F)nc2)s1. The predicted molar refractivity (Wildman–Crippen MR) is 69.3 cm³/mol. The molecule has 6 nitrogen and oxygen atoms in total. The molecule has 0 atom stereocenters. The zero-order valence-corrected chi connectivity index (χ0v) is 12.2. The molecule has 0 fully saturated rings. The molecule has 11 heteroatoms. The Balaban J connectivity index is 2.23. The van der Waals surface area contributed by atoms with Crippen LogP contribution < -0.4 is 4.72 Å². The fourth-order valence-electron chi connectivity index (χ4n) is 1.32. The number of sulfonamides is 1. The van der Waals surface area contributed by atoms with Crippen LogP contribution in [0.25, 0.3) is 0 Å². The maximum absolute atomic E-state index is 12.4. The van der Waals surface area contributed by atoms with Crippen LogP contribution in [-0.2, 0) is 22.6 Å². The number of anilines is 1. The van der Waals surface area contributed by atoms with Gasteiger partial charge < -0.3 is 0 Å². The first-order valence-electron chi connectivity index (χ1n) is 5.61. The van der Waals surface area contributed by atoms with Crippen LogP contribution >= 0.6 is 11.3 Å². The number of nitrogens with one attached hydrogen (secondary N) is 1. The lowest BCUT2D eigenvalue weighted by Gasteiger charge is -2.07. The van der Waals surface area contributed by atoms with Gasteiger partial charge in [-0.15, -0.1) is 10.2 Å². The maximum Gasteiger partial charge on any atom is 0.433 e. The maximum atomic E-state index is 12.4. The number of hydrogen-bond acceptors (Lipinski definition) is 6. The molecule has 114 valence electrons. The van der Waals surface area contributed by atoms with Gasteiger partial charge in [0.05, 0.1) is 0 Å². The van der Waals surface area contributed by atoms with Gasteiger partial charge in [0.25, 0.3) is 10.0 Å². The van der Waals surface area contributed by atoms with Crippen LogP contribution in [0, 0.1) is 0 Å². The molecule has 0 radical (unpaired) electrons. The van der Waals surface area contributed by atoms with Gasteiger partial charge in [-0.05, 0) is 18.6 Å². The Labute approximate surface area is 122 Å². The van der Waals surface area contributed by atoms with Crippen LogP contribution in [0.1, 0.15) is 17.6 Å². The highest BCUT2D eigenvalue weighted by molar-refractivity contribution is 7.93. The largest absolute Gasteiger partial charge is 0.433 e. The summed E-state index contributed by atoms with van der Waals surface area (Å²) >= 11 is 1.05. The minimum atomic E-state index is -4.62. The van der Waals surface area contributed by atoms with Crippen molar-refractivity contribution in [3.05, 3.63) is 29.0 Å². The van der Waals surface area contributed by atoms with Crippen molar-refractivity contribution in [3.63, 3.8) is 0 Å². The number of halogens is 3. The second-order valence-electron chi connectivity index (χ2n) is 3.84. The van der Waals surface area contributed by atoms with Crippen LogP contribution in [0.3, 0.4) is 0 Å². The predicted octanol–water partition coefficient (Wildman–Crippen LogP) is 2.32. The van der Waals surface area contributed by atoms with E-state index in [0.29, 0.717) is 23.7 Å². The second-order valence-corrected chi connectivity index (χ2v) is 6.58. The van der Waals surface area contributed by atoms with Crippen molar-refractivity contribution in [2.45, 2.75) is 24.4 Å². The summed E-state index contributed by atoms with van der Waals surface area (Å²) < 4.78 is 63.2. The smallest absolute Gasteiger partial charge is 0.253 e. The average Bonchev–Trinajstić information content (AvgIpc) is 2.85. The number of aryl methyl sites for hydroxylation is 1. The Hall–Kier alpha value is -1.75. The van der Waals surface area contributed by atoms with Crippen molar-refractivity contribution in [3.8, 4) is 0 Å². The Morgan fingerprint density at radius 1 is 1.29 bits per heavy atom. The minimum Gasteiger partial charge on any atom is -0.253 e. The first-order chi connectivity index (χ1) is 9.72. The molecule has 0 spiro atoms. The molecule has 2 rings (SSSR count). The zero-order valence-electron chi connectivity index (χ0n) is 10.5. The van der Waals surface area contributed by atoms with Gasteiger partial charge in [-0.2, -0.15) is 13.2 Å². The quantitative estimate of drug-likeness (QED) is 0.925. The Morgan fingerprint density at radius 2 is 2.00 bits per heavy atom. The molecule has 0 aromatic carbocycles. The van der Waals surface area contributed by atoms with Gasteiger partial charge in [-0.3, -0.25) is 9.71 Å². The highest BCUT2D eigenvalue weighted by atomic mass is 32.2. The lowest BCUT2D eigenvalue weighted by Crippen LogP contribution is -2.14. The van der Waals surface area contributed by atoms with Crippen LogP contribution in [0.2, 0.25) is 0 Å². The number of hydrogen-bond donors (Lipinski definition) is 1. The van der Waals surface area contributed by atoms with Crippen molar-refractivity contribution in [2.75, 3.05) is 4.72 Å². The van der Waals surface area contributed by atoms with E-state index in [-0.39, 0.29) is 10.0 Å².